The van der Waals surface area contributed by atoms with Crippen molar-refractivity contribution >= 4 is 17.6 Å². The highest BCUT2D eigenvalue weighted by atomic mass is 16.7. The van der Waals surface area contributed by atoms with E-state index in [1.54, 1.807) is 36.4 Å². The quantitative estimate of drug-likeness (QED) is 0.523. The number of rotatable bonds is 8. The first-order valence-corrected chi connectivity index (χ1v) is 9.31. The molecule has 0 radical (unpaired) electrons. The SMILES string of the molecule is CCCOc1ccc(C(=O)CCC(=O)NNC(=O)c2ccc3c(c2)OCO3)cc1. The summed E-state index contributed by atoms with van der Waals surface area (Å²) in [5.41, 5.74) is 5.44. The summed E-state index contributed by atoms with van der Waals surface area (Å²) < 4.78 is 15.9. The Balaban J connectivity index is 1.42. The Hall–Kier alpha value is -3.55. The molecule has 0 aliphatic carbocycles. The van der Waals surface area contributed by atoms with E-state index in [1.165, 1.54) is 6.07 Å². The van der Waals surface area contributed by atoms with Crippen LogP contribution in [0.4, 0.5) is 0 Å². The first kappa shape index (κ1) is 20.2. The van der Waals surface area contributed by atoms with Crippen molar-refractivity contribution in [2.24, 2.45) is 0 Å². The molecule has 8 nitrogen and oxygen atoms in total. The van der Waals surface area contributed by atoms with E-state index in [0.717, 1.165) is 6.42 Å². The van der Waals surface area contributed by atoms with Crippen LogP contribution in [0.5, 0.6) is 17.2 Å². The van der Waals surface area contributed by atoms with E-state index in [2.05, 4.69) is 10.9 Å². The van der Waals surface area contributed by atoms with Gasteiger partial charge in [-0.05, 0) is 48.9 Å². The van der Waals surface area contributed by atoms with Crippen molar-refractivity contribution in [2.45, 2.75) is 26.2 Å². The van der Waals surface area contributed by atoms with E-state index >= 15 is 0 Å². The zero-order chi connectivity index (χ0) is 20.6. The number of hydrazine groups is 1. The minimum absolute atomic E-state index is 0.0287. The molecule has 0 atom stereocenters. The zero-order valence-electron chi connectivity index (χ0n) is 16.0. The van der Waals surface area contributed by atoms with Gasteiger partial charge in [0, 0.05) is 24.0 Å². The molecular formula is C21H22N2O6. The van der Waals surface area contributed by atoms with Crippen molar-refractivity contribution < 1.29 is 28.6 Å². The highest BCUT2D eigenvalue weighted by molar-refractivity contribution is 5.99. The van der Waals surface area contributed by atoms with Gasteiger partial charge in [0.2, 0.25) is 12.7 Å². The van der Waals surface area contributed by atoms with Crippen LogP contribution in [0.3, 0.4) is 0 Å². The van der Waals surface area contributed by atoms with Gasteiger partial charge in [0.15, 0.2) is 17.3 Å². The maximum Gasteiger partial charge on any atom is 0.269 e. The second-order valence-electron chi connectivity index (χ2n) is 6.37. The minimum Gasteiger partial charge on any atom is -0.494 e. The Kier molecular flexibility index (Phi) is 6.67. The zero-order valence-corrected chi connectivity index (χ0v) is 16.0. The maximum absolute atomic E-state index is 12.2. The van der Waals surface area contributed by atoms with E-state index in [9.17, 15) is 14.4 Å². The maximum atomic E-state index is 12.2. The molecule has 1 aliphatic heterocycles. The van der Waals surface area contributed by atoms with Gasteiger partial charge in [0.25, 0.3) is 5.91 Å². The number of fused-ring (bicyclic) bond motifs is 1. The van der Waals surface area contributed by atoms with E-state index in [4.69, 9.17) is 14.2 Å². The second-order valence-corrected chi connectivity index (χ2v) is 6.37. The van der Waals surface area contributed by atoms with E-state index in [0.29, 0.717) is 35.0 Å². The van der Waals surface area contributed by atoms with Crippen molar-refractivity contribution in [1.82, 2.24) is 10.9 Å². The summed E-state index contributed by atoms with van der Waals surface area (Å²) in [6, 6.07) is 11.5. The molecule has 2 amide bonds. The number of amides is 2. The molecule has 2 aromatic rings. The number of ketones is 1. The lowest BCUT2D eigenvalue weighted by atomic mass is 10.1. The largest absolute Gasteiger partial charge is 0.494 e. The molecule has 152 valence electrons. The number of Topliss-reactive ketones (excluding diaryl/α,β-unsaturated/α-hetero) is 1. The molecule has 0 spiro atoms. The molecule has 1 aliphatic rings. The van der Waals surface area contributed by atoms with Crippen LogP contribution in [0.2, 0.25) is 0 Å². The molecule has 0 fully saturated rings. The van der Waals surface area contributed by atoms with Crippen molar-refractivity contribution in [2.75, 3.05) is 13.4 Å². The van der Waals surface area contributed by atoms with Gasteiger partial charge in [-0.3, -0.25) is 25.2 Å². The summed E-state index contributed by atoms with van der Waals surface area (Å²) in [6.07, 6.45) is 0.885. The van der Waals surface area contributed by atoms with Gasteiger partial charge < -0.3 is 14.2 Å². The Morgan fingerprint density at radius 1 is 0.931 bits per heavy atom. The van der Waals surface area contributed by atoms with Crippen molar-refractivity contribution in [3.05, 3.63) is 53.6 Å². The van der Waals surface area contributed by atoms with Crippen molar-refractivity contribution in [1.29, 1.82) is 0 Å². The van der Waals surface area contributed by atoms with E-state index in [-0.39, 0.29) is 25.4 Å². The van der Waals surface area contributed by atoms with Gasteiger partial charge in [-0.25, -0.2) is 0 Å². The standard InChI is InChI=1S/C21H22N2O6/c1-2-11-27-16-6-3-14(4-7-16)17(24)8-10-20(25)22-23-21(26)15-5-9-18-19(12-15)29-13-28-18/h3-7,9,12H,2,8,10-11,13H2,1H3,(H,22,25)(H,23,26). The first-order chi connectivity index (χ1) is 14.1. The Morgan fingerprint density at radius 2 is 1.66 bits per heavy atom. The second kappa shape index (κ2) is 9.59. The van der Waals surface area contributed by atoms with Crippen molar-refractivity contribution in [3.63, 3.8) is 0 Å². The van der Waals surface area contributed by atoms with E-state index < -0.39 is 11.8 Å². The number of nitrogens with one attached hydrogen (secondary N) is 2. The Labute approximate surface area is 168 Å². The number of benzene rings is 2. The minimum atomic E-state index is -0.495. The summed E-state index contributed by atoms with van der Waals surface area (Å²) in [4.78, 5) is 36.3. The molecule has 0 saturated carbocycles. The predicted molar refractivity (Wildman–Crippen MR) is 104 cm³/mol. The van der Waals surface area contributed by atoms with Crippen LogP contribution in [0.15, 0.2) is 42.5 Å². The predicted octanol–water partition coefficient (Wildman–Crippen LogP) is 2.63. The number of hydrogen-bond donors (Lipinski definition) is 2. The summed E-state index contributed by atoms with van der Waals surface area (Å²) >= 11 is 0. The Morgan fingerprint density at radius 3 is 2.41 bits per heavy atom. The van der Waals surface area contributed by atoms with Crippen LogP contribution in [-0.4, -0.2) is 31.0 Å². The fourth-order valence-electron chi connectivity index (χ4n) is 2.63. The summed E-state index contributed by atoms with van der Waals surface area (Å²) in [5, 5.41) is 0. The molecular weight excluding hydrogens is 376 g/mol. The highest BCUT2D eigenvalue weighted by Crippen LogP contribution is 2.32. The number of hydrogen-bond acceptors (Lipinski definition) is 6. The third-order valence-electron chi connectivity index (χ3n) is 4.18. The molecule has 1 heterocycles. The highest BCUT2D eigenvalue weighted by Gasteiger charge is 2.17. The fraction of sp³-hybridized carbons (Fsp3) is 0.286. The molecule has 0 bridgehead atoms. The molecule has 3 rings (SSSR count). The normalized spacial score (nSPS) is 11.6. The van der Waals surface area contributed by atoms with Crippen molar-refractivity contribution in [3.8, 4) is 17.2 Å². The van der Waals surface area contributed by atoms with Crippen LogP contribution in [-0.2, 0) is 4.79 Å². The first-order valence-electron chi connectivity index (χ1n) is 9.31. The molecule has 2 N–H and O–H groups in total. The monoisotopic (exact) mass is 398 g/mol. The topological polar surface area (TPSA) is 103 Å². The lowest BCUT2D eigenvalue weighted by molar-refractivity contribution is -0.121. The van der Waals surface area contributed by atoms with Crippen LogP contribution in [0.1, 0.15) is 46.9 Å². The Bertz CT molecular complexity index is 895. The van der Waals surface area contributed by atoms with Gasteiger partial charge in [-0.15, -0.1) is 0 Å². The average molecular weight is 398 g/mol. The molecule has 29 heavy (non-hydrogen) atoms. The average Bonchev–Trinajstić information content (AvgIpc) is 3.22. The van der Waals surface area contributed by atoms with Gasteiger partial charge in [-0.1, -0.05) is 6.92 Å². The van der Waals surface area contributed by atoms with Gasteiger partial charge in [0.05, 0.1) is 6.61 Å². The smallest absolute Gasteiger partial charge is 0.269 e. The summed E-state index contributed by atoms with van der Waals surface area (Å²) in [6.45, 7) is 2.74. The van der Waals surface area contributed by atoms with Gasteiger partial charge in [-0.2, -0.15) is 0 Å². The molecule has 0 aromatic heterocycles. The van der Waals surface area contributed by atoms with Crippen LogP contribution in [0.25, 0.3) is 0 Å². The lowest BCUT2D eigenvalue weighted by Crippen LogP contribution is -2.41. The van der Waals surface area contributed by atoms with Crippen LogP contribution < -0.4 is 25.1 Å². The summed E-state index contributed by atoms with van der Waals surface area (Å²) in [7, 11) is 0. The third kappa shape index (κ3) is 5.47. The molecule has 0 unspecified atom stereocenters. The molecule has 8 heteroatoms. The van der Waals surface area contributed by atoms with Gasteiger partial charge in [0.1, 0.15) is 5.75 Å². The van der Waals surface area contributed by atoms with E-state index in [1.807, 2.05) is 6.92 Å². The summed E-state index contributed by atoms with van der Waals surface area (Å²) in [5.74, 6) is 0.618. The number of carbonyl (C=O) groups is 3. The van der Waals surface area contributed by atoms with Gasteiger partial charge >= 0.3 is 0 Å². The van der Waals surface area contributed by atoms with Crippen LogP contribution in [0, 0.1) is 0 Å². The molecule has 0 saturated heterocycles. The lowest BCUT2D eigenvalue weighted by Gasteiger charge is -2.08. The molecule has 2 aromatic carbocycles. The number of ether oxygens (including phenoxy) is 3. The van der Waals surface area contributed by atoms with Crippen LogP contribution >= 0.6 is 0 Å². The number of carbonyl (C=O) groups excluding carboxylic acids is 3. The third-order valence-corrected chi connectivity index (χ3v) is 4.18. The fourth-order valence-corrected chi connectivity index (χ4v) is 2.63.